The van der Waals surface area contributed by atoms with Gasteiger partial charge >= 0.3 is 0 Å². The van der Waals surface area contributed by atoms with Crippen molar-refractivity contribution >= 4 is 22.8 Å². The zero-order valence-electron chi connectivity index (χ0n) is 19.7. The zero-order valence-corrected chi connectivity index (χ0v) is 19.7. The molecule has 1 aliphatic carbocycles. The first-order valence-corrected chi connectivity index (χ1v) is 12.5. The Morgan fingerprint density at radius 1 is 0.857 bits per heavy atom. The SMILES string of the molecule is C(=C1/CCC(C2Nc3ccccc3-c3nc4ccccc4n32)=C1N1CCOCC1)/c1ccccc1. The van der Waals surface area contributed by atoms with Gasteiger partial charge in [0.25, 0.3) is 0 Å². The number of rotatable bonds is 3. The molecule has 3 heterocycles. The molecule has 5 nitrogen and oxygen atoms in total. The van der Waals surface area contributed by atoms with E-state index >= 15 is 0 Å². The average Bonchev–Trinajstić information content (AvgIpc) is 3.51. The molecule has 0 amide bonds. The number of morpholine rings is 1. The average molecular weight is 461 g/mol. The van der Waals surface area contributed by atoms with E-state index in [1.54, 1.807) is 0 Å². The van der Waals surface area contributed by atoms with E-state index in [0.29, 0.717) is 0 Å². The van der Waals surface area contributed by atoms with Crippen LogP contribution in [-0.4, -0.2) is 40.8 Å². The van der Waals surface area contributed by atoms with E-state index in [0.717, 1.165) is 61.7 Å². The van der Waals surface area contributed by atoms with Crippen LogP contribution in [0.3, 0.4) is 0 Å². The van der Waals surface area contributed by atoms with Gasteiger partial charge in [0.2, 0.25) is 0 Å². The van der Waals surface area contributed by atoms with Crippen molar-refractivity contribution in [1.29, 1.82) is 0 Å². The Morgan fingerprint density at radius 3 is 2.51 bits per heavy atom. The molecule has 3 aliphatic rings. The number of aromatic nitrogens is 2. The highest BCUT2D eigenvalue weighted by molar-refractivity contribution is 5.87. The summed E-state index contributed by atoms with van der Waals surface area (Å²) < 4.78 is 8.14. The van der Waals surface area contributed by atoms with Gasteiger partial charge in [0.05, 0.1) is 24.2 Å². The molecule has 0 radical (unpaired) electrons. The molecule has 0 saturated carbocycles. The lowest BCUT2D eigenvalue weighted by Crippen LogP contribution is -2.37. The van der Waals surface area contributed by atoms with Crippen LogP contribution in [0.4, 0.5) is 5.69 Å². The lowest BCUT2D eigenvalue weighted by Gasteiger charge is -2.36. The van der Waals surface area contributed by atoms with Gasteiger partial charge in [-0.1, -0.05) is 54.6 Å². The van der Waals surface area contributed by atoms with Gasteiger partial charge in [-0.05, 0) is 59.9 Å². The lowest BCUT2D eigenvalue weighted by atomic mass is 10.0. The van der Waals surface area contributed by atoms with Crippen LogP contribution in [0.25, 0.3) is 28.5 Å². The first-order chi connectivity index (χ1) is 17.4. The largest absolute Gasteiger partial charge is 0.378 e. The normalized spacial score (nSPS) is 20.7. The first kappa shape index (κ1) is 20.5. The maximum Gasteiger partial charge on any atom is 0.145 e. The summed E-state index contributed by atoms with van der Waals surface area (Å²) in [7, 11) is 0. The maximum absolute atomic E-state index is 5.73. The smallest absolute Gasteiger partial charge is 0.145 e. The Bertz CT molecular complexity index is 1460. The molecule has 3 aromatic carbocycles. The number of para-hydroxylation sites is 3. The summed E-state index contributed by atoms with van der Waals surface area (Å²) in [5, 5.41) is 3.91. The monoisotopic (exact) mass is 460 g/mol. The Hall–Kier alpha value is -3.83. The molecule has 0 bridgehead atoms. The van der Waals surface area contributed by atoms with E-state index in [1.807, 2.05) is 0 Å². The predicted molar refractivity (Wildman–Crippen MR) is 141 cm³/mol. The standard InChI is InChI=1S/C30H28N4O/c1-2-8-21(9-3-1)20-22-14-15-24(28(22)33-16-18-35-19-17-33)30-31-25-11-5-4-10-23(25)29-32-26-12-6-7-13-27(26)34(29)30/h1-13,20,30-31H,14-19H2/b22-20+. The van der Waals surface area contributed by atoms with Crippen LogP contribution in [0, 0.1) is 0 Å². The van der Waals surface area contributed by atoms with Gasteiger partial charge in [-0.25, -0.2) is 4.98 Å². The van der Waals surface area contributed by atoms with Crippen molar-refractivity contribution < 1.29 is 4.74 Å². The Morgan fingerprint density at radius 2 is 1.63 bits per heavy atom. The summed E-state index contributed by atoms with van der Waals surface area (Å²) in [5.74, 6) is 1.04. The molecule has 174 valence electrons. The van der Waals surface area contributed by atoms with Crippen molar-refractivity contribution in [2.75, 3.05) is 31.6 Å². The van der Waals surface area contributed by atoms with Gasteiger partial charge in [-0.3, -0.25) is 4.57 Å². The summed E-state index contributed by atoms with van der Waals surface area (Å²) in [6, 6.07) is 27.7. The summed E-state index contributed by atoms with van der Waals surface area (Å²) in [6.07, 6.45) is 4.46. The van der Waals surface area contributed by atoms with Gasteiger partial charge in [-0.15, -0.1) is 0 Å². The van der Waals surface area contributed by atoms with Crippen molar-refractivity contribution in [3.8, 4) is 11.4 Å². The first-order valence-electron chi connectivity index (χ1n) is 12.5. The van der Waals surface area contributed by atoms with Crippen LogP contribution in [0.2, 0.25) is 0 Å². The van der Waals surface area contributed by atoms with Gasteiger partial charge in [0, 0.05) is 30.0 Å². The highest BCUT2D eigenvalue weighted by Gasteiger charge is 2.35. The second-order valence-corrected chi connectivity index (χ2v) is 9.44. The van der Waals surface area contributed by atoms with E-state index in [2.05, 4.69) is 99.7 Å². The summed E-state index contributed by atoms with van der Waals surface area (Å²) in [5.41, 5.74) is 10.0. The van der Waals surface area contributed by atoms with E-state index in [4.69, 9.17) is 9.72 Å². The van der Waals surface area contributed by atoms with Crippen molar-refractivity contribution in [3.63, 3.8) is 0 Å². The topological polar surface area (TPSA) is 42.3 Å². The number of fused-ring (bicyclic) bond motifs is 5. The Kier molecular flexibility index (Phi) is 4.95. The van der Waals surface area contributed by atoms with Crippen LogP contribution in [0.1, 0.15) is 24.6 Å². The molecule has 1 saturated heterocycles. The third-order valence-corrected chi connectivity index (χ3v) is 7.38. The number of imidazole rings is 1. The van der Waals surface area contributed by atoms with Crippen molar-refractivity contribution in [2.24, 2.45) is 0 Å². The molecule has 1 N–H and O–H groups in total. The molecular formula is C30H28N4O. The number of hydrogen-bond acceptors (Lipinski definition) is 4. The molecule has 7 rings (SSSR count). The lowest BCUT2D eigenvalue weighted by molar-refractivity contribution is 0.0544. The molecule has 4 aromatic rings. The zero-order chi connectivity index (χ0) is 23.2. The van der Waals surface area contributed by atoms with Crippen LogP contribution >= 0.6 is 0 Å². The highest BCUT2D eigenvalue weighted by atomic mass is 16.5. The molecule has 1 atom stereocenters. The molecule has 1 fully saturated rings. The number of anilines is 1. The molecular weight excluding hydrogens is 432 g/mol. The molecule has 1 unspecified atom stereocenters. The van der Waals surface area contributed by atoms with Gasteiger partial charge in [-0.2, -0.15) is 0 Å². The van der Waals surface area contributed by atoms with Crippen LogP contribution in [0.15, 0.2) is 95.7 Å². The summed E-state index contributed by atoms with van der Waals surface area (Å²) in [4.78, 5) is 7.64. The number of allylic oxidation sites excluding steroid dienone is 1. The second kappa shape index (κ2) is 8.43. The van der Waals surface area contributed by atoms with Crippen LogP contribution in [-0.2, 0) is 4.74 Å². The van der Waals surface area contributed by atoms with E-state index in [-0.39, 0.29) is 6.17 Å². The van der Waals surface area contributed by atoms with E-state index in [1.165, 1.54) is 27.9 Å². The Balaban J connectivity index is 1.43. The fourth-order valence-electron chi connectivity index (χ4n) is 5.82. The predicted octanol–water partition coefficient (Wildman–Crippen LogP) is 6.09. The maximum atomic E-state index is 5.73. The summed E-state index contributed by atoms with van der Waals surface area (Å²) in [6.45, 7) is 3.39. The van der Waals surface area contributed by atoms with Crippen molar-refractivity contribution in [1.82, 2.24) is 14.5 Å². The quantitative estimate of drug-likeness (QED) is 0.402. The van der Waals surface area contributed by atoms with Crippen LogP contribution in [0.5, 0.6) is 0 Å². The minimum absolute atomic E-state index is 0.0202. The van der Waals surface area contributed by atoms with Gasteiger partial charge in [0.15, 0.2) is 0 Å². The van der Waals surface area contributed by atoms with Gasteiger partial charge in [0.1, 0.15) is 12.0 Å². The highest BCUT2D eigenvalue weighted by Crippen LogP contribution is 2.46. The Labute approximate surface area is 205 Å². The number of nitrogens with zero attached hydrogens (tertiary/aromatic N) is 3. The number of benzene rings is 3. The fourth-order valence-corrected chi connectivity index (χ4v) is 5.82. The number of ether oxygens (including phenoxy) is 1. The molecule has 0 spiro atoms. The fraction of sp³-hybridized carbons (Fsp3) is 0.233. The molecule has 2 aliphatic heterocycles. The van der Waals surface area contributed by atoms with E-state index < -0.39 is 0 Å². The molecule has 5 heteroatoms. The van der Waals surface area contributed by atoms with Crippen LogP contribution < -0.4 is 5.32 Å². The minimum Gasteiger partial charge on any atom is -0.378 e. The van der Waals surface area contributed by atoms with E-state index in [9.17, 15) is 0 Å². The molecule has 1 aromatic heterocycles. The summed E-state index contributed by atoms with van der Waals surface area (Å²) >= 11 is 0. The number of hydrogen-bond donors (Lipinski definition) is 1. The third kappa shape index (κ3) is 3.46. The number of nitrogens with one attached hydrogen (secondary N) is 1. The van der Waals surface area contributed by atoms with Gasteiger partial charge < -0.3 is 15.0 Å². The molecule has 35 heavy (non-hydrogen) atoms. The second-order valence-electron chi connectivity index (χ2n) is 9.44. The minimum atomic E-state index is 0.0202. The van der Waals surface area contributed by atoms with Crippen molar-refractivity contribution in [2.45, 2.75) is 19.0 Å². The van der Waals surface area contributed by atoms with Crippen molar-refractivity contribution in [3.05, 3.63) is 101 Å². The third-order valence-electron chi connectivity index (χ3n) is 7.38.